The van der Waals surface area contributed by atoms with Gasteiger partial charge in [0.15, 0.2) is 5.69 Å². The van der Waals surface area contributed by atoms with Crippen LogP contribution in [0.15, 0.2) is 66.9 Å². The lowest BCUT2D eigenvalue weighted by molar-refractivity contribution is -0.141. The number of hydrogen-bond acceptors (Lipinski definition) is 3. The fourth-order valence-electron chi connectivity index (χ4n) is 4.13. The van der Waals surface area contributed by atoms with Crippen LogP contribution < -0.4 is 5.32 Å². The van der Waals surface area contributed by atoms with Gasteiger partial charge in [-0.3, -0.25) is 9.48 Å². The number of para-hydroxylation sites is 1. The second-order valence-electron chi connectivity index (χ2n) is 8.72. The summed E-state index contributed by atoms with van der Waals surface area (Å²) < 4.78 is 42.9. The molecule has 36 heavy (non-hydrogen) atoms. The van der Waals surface area contributed by atoms with Crippen molar-refractivity contribution in [1.82, 2.24) is 24.9 Å². The zero-order valence-electron chi connectivity index (χ0n) is 19.2. The lowest BCUT2D eigenvalue weighted by atomic mass is 10.1. The Balaban J connectivity index is 1.30. The maximum Gasteiger partial charge on any atom is 0.436 e. The molecule has 0 radical (unpaired) electrons. The van der Waals surface area contributed by atoms with Gasteiger partial charge in [0, 0.05) is 36.2 Å². The van der Waals surface area contributed by atoms with Crippen LogP contribution in [0.3, 0.4) is 0 Å². The number of nitrogens with one attached hydrogen (secondary N) is 1. The van der Waals surface area contributed by atoms with E-state index < -0.39 is 11.9 Å². The average Bonchev–Trinajstić information content (AvgIpc) is 3.51. The summed E-state index contributed by atoms with van der Waals surface area (Å²) in [5.74, 6) is -0.343. The molecule has 0 atom stereocenters. The molecule has 0 unspecified atom stereocenters. The average molecular weight is 514 g/mol. The van der Waals surface area contributed by atoms with Crippen LogP contribution in [0.5, 0.6) is 0 Å². The number of halogens is 4. The topological polar surface area (TPSA) is 64.7 Å². The number of hydrogen-bond donors (Lipinski definition) is 1. The molecule has 5 rings (SSSR count). The van der Waals surface area contributed by atoms with E-state index in [0.29, 0.717) is 5.69 Å². The predicted octanol–water partition coefficient (Wildman–Crippen LogP) is 5.99. The van der Waals surface area contributed by atoms with Crippen molar-refractivity contribution in [3.05, 3.63) is 88.8 Å². The Morgan fingerprint density at radius 3 is 2.33 bits per heavy atom. The summed E-state index contributed by atoms with van der Waals surface area (Å²) in [6.07, 6.45) is -1.26. The monoisotopic (exact) mass is 513 g/mol. The van der Waals surface area contributed by atoms with E-state index in [1.165, 1.54) is 4.68 Å². The summed E-state index contributed by atoms with van der Waals surface area (Å²) >= 11 is 6.02. The molecule has 2 aromatic carbocycles. The van der Waals surface area contributed by atoms with Gasteiger partial charge in [-0.25, -0.2) is 4.68 Å². The van der Waals surface area contributed by atoms with E-state index in [1.54, 1.807) is 4.68 Å². The summed E-state index contributed by atoms with van der Waals surface area (Å²) in [4.78, 5) is 12.7. The maximum absolute atomic E-state index is 13.3. The number of nitrogens with zero attached hydrogens (tertiary/aromatic N) is 4. The van der Waals surface area contributed by atoms with Crippen LogP contribution in [0, 0.1) is 0 Å². The molecule has 10 heteroatoms. The van der Waals surface area contributed by atoms with Gasteiger partial charge >= 0.3 is 6.18 Å². The number of aromatic nitrogens is 4. The van der Waals surface area contributed by atoms with Crippen LogP contribution in [-0.2, 0) is 24.1 Å². The maximum atomic E-state index is 13.3. The Morgan fingerprint density at radius 2 is 1.69 bits per heavy atom. The van der Waals surface area contributed by atoms with E-state index in [4.69, 9.17) is 16.7 Å². The minimum absolute atomic E-state index is 0.0162. The summed E-state index contributed by atoms with van der Waals surface area (Å²) in [5, 5.41) is 10.9. The van der Waals surface area contributed by atoms with Gasteiger partial charge in [0.1, 0.15) is 0 Å². The second kappa shape index (κ2) is 9.81. The molecule has 2 aromatic heterocycles. The highest BCUT2D eigenvalue weighted by Crippen LogP contribution is 2.46. The molecule has 0 saturated heterocycles. The first-order valence-corrected chi connectivity index (χ1v) is 12.0. The first-order valence-electron chi connectivity index (χ1n) is 11.6. The molecule has 0 bridgehead atoms. The summed E-state index contributed by atoms with van der Waals surface area (Å²) in [6.45, 7) is 0.237. The highest BCUT2D eigenvalue weighted by Gasteiger charge is 2.42. The molecule has 1 N–H and O–H groups in total. The Kier molecular flexibility index (Phi) is 6.57. The number of alkyl halides is 3. The van der Waals surface area contributed by atoms with Crippen LogP contribution >= 0.6 is 11.6 Å². The van der Waals surface area contributed by atoms with Crippen LogP contribution in [-0.4, -0.2) is 25.5 Å². The number of carbonyl (C=O) groups excluding carboxylic acids is 1. The standard InChI is InChI=1S/C26H23ClF3N5O/c27-22-24(18-11-12-18)34(33-25(22)26(28,29)30)14-13-21(36)31-15-19-16-35(20-9-5-2-6-10-20)32-23(19)17-7-3-1-4-8-17/h1-10,16,18H,11-15H2,(H,31,36). The van der Waals surface area contributed by atoms with Gasteiger partial charge in [-0.05, 0) is 25.0 Å². The summed E-state index contributed by atoms with van der Waals surface area (Å²) in [6, 6.07) is 19.3. The quantitative estimate of drug-likeness (QED) is 0.315. The number of aryl methyl sites for hydroxylation is 1. The van der Waals surface area contributed by atoms with Gasteiger partial charge in [0.2, 0.25) is 5.91 Å². The molecule has 1 aliphatic rings. The lowest BCUT2D eigenvalue weighted by Crippen LogP contribution is -2.24. The highest BCUT2D eigenvalue weighted by atomic mass is 35.5. The van der Waals surface area contributed by atoms with Gasteiger partial charge in [-0.2, -0.15) is 23.4 Å². The molecule has 1 saturated carbocycles. The van der Waals surface area contributed by atoms with Crippen molar-refractivity contribution in [3.8, 4) is 16.9 Å². The smallest absolute Gasteiger partial charge is 0.352 e. The molecule has 1 aliphatic carbocycles. The molecule has 186 valence electrons. The zero-order valence-corrected chi connectivity index (χ0v) is 19.9. The molecule has 2 heterocycles. The summed E-state index contributed by atoms with van der Waals surface area (Å²) in [7, 11) is 0. The van der Waals surface area contributed by atoms with Crippen LogP contribution in [0.2, 0.25) is 5.02 Å². The minimum Gasteiger partial charge on any atom is -0.352 e. The Labute approximate surface area is 210 Å². The van der Waals surface area contributed by atoms with Crippen molar-refractivity contribution in [2.75, 3.05) is 0 Å². The molecule has 1 amide bonds. The largest absolute Gasteiger partial charge is 0.436 e. The van der Waals surface area contributed by atoms with E-state index in [2.05, 4.69) is 10.4 Å². The molecular formula is C26H23ClF3N5O. The van der Waals surface area contributed by atoms with Crippen molar-refractivity contribution < 1.29 is 18.0 Å². The number of carbonyl (C=O) groups is 1. The third kappa shape index (κ3) is 5.16. The minimum atomic E-state index is -4.64. The van der Waals surface area contributed by atoms with Gasteiger partial charge in [0.25, 0.3) is 0 Å². The molecule has 6 nitrogen and oxygen atoms in total. The normalized spacial score (nSPS) is 13.7. The molecule has 4 aromatic rings. The van der Waals surface area contributed by atoms with Crippen LogP contribution in [0.25, 0.3) is 16.9 Å². The number of amides is 1. The van der Waals surface area contributed by atoms with Gasteiger partial charge in [0.05, 0.1) is 28.6 Å². The Hall–Kier alpha value is -3.59. The Morgan fingerprint density at radius 1 is 1.03 bits per heavy atom. The number of benzene rings is 2. The molecule has 0 spiro atoms. The lowest BCUT2D eigenvalue weighted by Gasteiger charge is -2.08. The van der Waals surface area contributed by atoms with E-state index in [0.717, 1.165) is 35.3 Å². The van der Waals surface area contributed by atoms with Crippen LogP contribution in [0.4, 0.5) is 13.2 Å². The molecule has 0 aliphatic heterocycles. The van der Waals surface area contributed by atoms with E-state index in [1.807, 2.05) is 66.9 Å². The summed E-state index contributed by atoms with van der Waals surface area (Å²) in [5.41, 5.74) is 2.63. The second-order valence-corrected chi connectivity index (χ2v) is 9.10. The first kappa shape index (κ1) is 24.1. The van der Waals surface area contributed by atoms with Gasteiger partial charge < -0.3 is 5.32 Å². The van der Waals surface area contributed by atoms with Crippen molar-refractivity contribution >= 4 is 17.5 Å². The zero-order chi connectivity index (χ0) is 25.3. The van der Waals surface area contributed by atoms with E-state index in [9.17, 15) is 18.0 Å². The Bertz CT molecular complexity index is 1360. The van der Waals surface area contributed by atoms with Crippen molar-refractivity contribution in [2.24, 2.45) is 0 Å². The van der Waals surface area contributed by atoms with E-state index in [-0.39, 0.29) is 36.4 Å². The third-order valence-corrected chi connectivity index (χ3v) is 6.42. The molecule has 1 fully saturated rings. The van der Waals surface area contributed by atoms with Crippen molar-refractivity contribution in [3.63, 3.8) is 0 Å². The fraction of sp³-hybridized carbons (Fsp3) is 0.269. The highest BCUT2D eigenvalue weighted by molar-refractivity contribution is 6.32. The van der Waals surface area contributed by atoms with Gasteiger partial charge in [-0.15, -0.1) is 0 Å². The van der Waals surface area contributed by atoms with Gasteiger partial charge in [-0.1, -0.05) is 60.1 Å². The third-order valence-electron chi connectivity index (χ3n) is 6.05. The number of rotatable bonds is 8. The first-order chi connectivity index (χ1) is 17.3. The van der Waals surface area contributed by atoms with E-state index >= 15 is 0 Å². The van der Waals surface area contributed by atoms with Crippen LogP contribution in [0.1, 0.15) is 42.1 Å². The van der Waals surface area contributed by atoms with Crippen molar-refractivity contribution in [2.45, 2.75) is 44.4 Å². The SMILES string of the molecule is O=C(CCn1nc(C(F)(F)F)c(Cl)c1C1CC1)NCc1cn(-c2ccccc2)nc1-c1ccccc1. The predicted molar refractivity (Wildman–Crippen MR) is 130 cm³/mol. The molecular weight excluding hydrogens is 491 g/mol. The fourth-order valence-corrected chi connectivity index (χ4v) is 4.53. The van der Waals surface area contributed by atoms with Crippen molar-refractivity contribution in [1.29, 1.82) is 0 Å².